The molecule has 0 spiro atoms. The van der Waals surface area contributed by atoms with Gasteiger partial charge in [-0.2, -0.15) is 0 Å². The fourth-order valence-corrected chi connectivity index (χ4v) is 4.19. The van der Waals surface area contributed by atoms with Crippen LogP contribution >= 0.6 is 0 Å². The van der Waals surface area contributed by atoms with Gasteiger partial charge in [0.1, 0.15) is 0 Å². The summed E-state index contributed by atoms with van der Waals surface area (Å²) in [5.41, 5.74) is -0.263. The predicted molar refractivity (Wildman–Crippen MR) is 76.0 cm³/mol. The van der Waals surface area contributed by atoms with Crippen molar-refractivity contribution >= 4 is 5.91 Å². The van der Waals surface area contributed by atoms with Crippen LogP contribution in [0.15, 0.2) is 0 Å². The van der Waals surface area contributed by atoms with Gasteiger partial charge in [0.2, 0.25) is 5.91 Å². The van der Waals surface area contributed by atoms with Crippen LogP contribution in [0.3, 0.4) is 0 Å². The fourth-order valence-electron chi connectivity index (χ4n) is 4.19. The van der Waals surface area contributed by atoms with Crippen molar-refractivity contribution in [3.8, 4) is 0 Å². The van der Waals surface area contributed by atoms with Crippen molar-refractivity contribution < 1.29 is 4.79 Å². The zero-order chi connectivity index (χ0) is 13.3. The number of nitrogens with zero attached hydrogens (tertiary/aromatic N) is 1. The Hall–Kier alpha value is -0.610. The molecule has 108 valence electrons. The SMILES string of the molecule is CCCC1(C(=O)NC2CN3CCC2CC3)CCCN1. The molecular weight excluding hydrogens is 238 g/mol. The molecule has 0 aliphatic carbocycles. The summed E-state index contributed by atoms with van der Waals surface area (Å²) in [6.07, 6.45) is 6.71. The van der Waals surface area contributed by atoms with Crippen LogP contribution in [0.2, 0.25) is 0 Å². The van der Waals surface area contributed by atoms with E-state index in [0.29, 0.717) is 12.0 Å². The van der Waals surface area contributed by atoms with Crippen LogP contribution in [0.5, 0.6) is 0 Å². The number of nitrogens with one attached hydrogen (secondary N) is 2. The van der Waals surface area contributed by atoms with Gasteiger partial charge in [-0.1, -0.05) is 13.3 Å². The molecular formula is C15H27N3O. The summed E-state index contributed by atoms with van der Waals surface area (Å²) in [4.78, 5) is 15.2. The second kappa shape index (κ2) is 5.41. The van der Waals surface area contributed by atoms with Crippen molar-refractivity contribution in [3.05, 3.63) is 0 Å². The summed E-state index contributed by atoms with van der Waals surface area (Å²) in [5, 5.41) is 6.85. The lowest BCUT2D eigenvalue weighted by molar-refractivity contribution is -0.129. The van der Waals surface area contributed by atoms with Crippen LogP contribution in [0, 0.1) is 5.92 Å². The third kappa shape index (κ3) is 2.52. The molecule has 2 unspecified atom stereocenters. The number of piperidine rings is 3. The lowest BCUT2D eigenvalue weighted by atomic mass is 9.83. The Labute approximate surface area is 116 Å². The van der Waals surface area contributed by atoms with Gasteiger partial charge in [0.15, 0.2) is 0 Å². The van der Waals surface area contributed by atoms with E-state index in [4.69, 9.17) is 0 Å². The summed E-state index contributed by atoms with van der Waals surface area (Å²) in [7, 11) is 0. The molecule has 0 aromatic heterocycles. The van der Waals surface area contributed by atoms with E-state index < -0.39 is 0 Å². The van der Waals surface area contributed by atoms with E-state index in [-0.39, 0.29) is 11.4 Å². The maximum Gasteiger partial charge on any atom is 0.240 e. The molecule has 0 saturated carbocycles. The van der Waals surface area contributed by atoms with Crippen molar-refractivity contribution in [3.63, 3.8) is 0 Å². The lowest BCUT2D eigenvalue weighted by Crippen LogP contribution is -2.62. The molecule has 19 heavy (non-hydrogen) atoms. The molecule has 4 fully saturated rings. The minimum Gasteiger partial charge on any atom is -0.350 e. The standard InChI is InChI=1S/C15H27N3O/c1-2-6-15(7-3-8-16-15)14(19)17-13-11-18-9-4-12(13)5-10-18/h12-13,16H,2-11H2,1H3,(H,17,19). The Morgan fingerprint density at radius 1 is 1.42 bits per heavy atom. The molecule has 2 atom stereocenters. The lowest BCUT2D eigenvalue weighted by Gasteiger charge is -2.46. The number of rotatable bonds is 4. The molecule has 4 heterocycles. The highest BCUT2D eigenvalue weighted by Crippen LogP contribution is 2.30. The first-order chi connectivity index (χ1) is 9.23. The zero-order valence-electron chi connectivity index (χ0n) is 12.1. The first-order valence-corrected chi connectivity index (χ1v) is 8.02. The topological polar surface area (TPSA) is 44.4 Å². The molecule has 0 radical (unpaired) electrons. The monoisotopic (exact) mass is 265 g/mol. The number of hydrogen-bond donors (Lipinski definition) is 2. The number of amides is 1. The summed E-state index contributed by atoms with van der Waals surface area (Å²) < 4.78 is 0. The molecule has 2 N–H and O–H groups in total. The molecule has 4 saturated heterocycles. The van der Waals surface area contributed by atoms with Gasteiger partial charge in [0, 0.05) is 12.6 Å². The van der Waals surface area contributed by atoms with Crippen LogP contribution < -0.4 is 10.6 Å². The van der Waals surface area contributed by atoms with Crippen LogP contribution in [-0.4, -0.2) is 48.6 Å². The molecule has 0 aromatic rings. The Kier molecular flexibility index (Phi) is 3.81. The Bertz CT molecular complexity index is 330. The number of fused-ring (bicyclic) bond motifs is 3. The highest BCUT2D eigenvalue weighted by Gasteiger charge is 2.43. The van der Waals surface area contributed by atoms with Crippen LogP contribution in [0.25, 0.3) is 0 Å². The predicted octanol–water partition coefficient (Wildman–Crippen LogP) is 1.12. The highest BCUT2D eigenvalue weighted by molar-refractivity contribution is 5.87. The second-order valence-corrected chi connectivity index (χ2v) is 6.58. The summed E-state index contributed by atoms with van der Waals surface area (Å²) in [5.74, 6) is 0.986. The van der Waals surface area contributed by atoms with Crippen molar-refractivity contribution in [2.24, 2.45) is 5.92 Å². The normalized spacial score (nSPS) is 41.4. The van der Waals surface area contributed by atoms with Gasteiger partial charge in [0.05, 0.1) is 5.54 Å². The van der Waals surface area contributed by atoms with Gasteiger partial charge >= 0.3 is 0 Å². The van der Waals surface area contributed by atoms with Gasteiger partial charge in [-0.05, 0) is 57.7 Å². The third-order valence-electron chi connectivity index (χ3n) is 5.33. The van der Waals surface area contributed by atoms with Gasteiger partial charge in [-0.3, -0.25) is 4.79 Å². The van der Waals surface area contributed by atoms with Crippen molar-refractivity contribution in [1.82, 2.24) is 15.5 Å². The van der Waals surface area contributed by atoms with Crippen molar-refractivity contribution in [1.29, 1.82) is 0 Å². The van der Waals surface area contributed by atoms with Crippen LogP contribution in [-0.2, 0) is 4.79 Å². The molecule has 4 aliphatic heterocycles. The summed E-state index contributed by atoms with van der Waals surface area (Å²) in [6, 6.07) is 0.395. The minimum atomic E-state index is -0.263. The summed E-state index contributed by atoms with van der Waals surface area (Å²) in [6.45, 7) is 6.69. The van der Waals surface area contributed by atoms with Gasteiger partial charge in [-0.15, -0.1) is 0 Å². The number of hydrogen-bond acceptors (Lipinski definition) is 3. The van der Waals surface area contributed by atoms with Gasteiger partial charge in [-0.25, -0.2) is 0 Å². The molecule has 4 nitrogen and oxygen atoms in total. The quantitative estimate of drug-likeness (QED) is 0.800. The molecule has 4 aliphatic rings. The second-order valence-electron chi connectivity index (χ2n) is 6.58. The highest BCUT2D eigenvalue weighted by atomic mass is 16.2. The van der Waals surface area contributed by atoms with E-state index in [1.807, 2.05) is 0 Å². The summed E-state index contributed by atoms with van der Waals surface area (Å²) >= 11 is 0. The fraction of sp³-hybridized carbons (Fsp3) is 0.933. The van der Waals surface area contributed by atoms with E-state index in [9.17, 15) is 4.79 Å². The average molecular weight is 265 g/mol. The largest absolute Gasteiger partial charge is 0.350 e. The molecule has 2 bridgehead atoms. The van der Waals surface area contributed by atoms with Crippen LogP contribution in [0.4, 0.5) is 0 Å². The van der Waals surface area contributed by atoms with Crippen LogP contribution in [0.1, 0.15) is 45.4 Å². The van der Waals surface area contributed by atoms with E-state index in [0.717, 1.165) is 38.8 Å². The molecule has 4 rings (SSSR count). The Morgan fingerprint density at radius 2 is 2.21 bits per heavy atom. The number of carbonyl (C=O) groups excluding carboxylic acids is 1. The zero-order valence-corrected chi connectivity index (χ0v) is 12.1. The number of carbonyl (C=O) groups is 1. The minimum absolute atomic E-state index is 0.263. The third-order valence-corrected chi connectivity index (χ3v) is 5.33. The van der Waals surface area contributed by atoms with Crippen molar-refractivity contribution in [2.45, 2.75) is 57.0 Å². The van der Waals surface area contributed by atoms with Gasteiger partial charge < -0.3 is 15.5 Å². The Morgan fingerprint density at radius 3 is 2.74 bits per heavy atom. The Balaban J connectivity index is 1.63. The molecule has 0 aromatic carbocycles. The van der Waals surface area contributed by atoms with E-state index in [2.05, 4.69) is 22.5 Å². The van der Waals surface area contributed by atoms with Crippen molar-refractivity contribution in [2.75, 3.05) is 26.2 Å². The molecule has 4 heteroatoms. The van der Waals surface area contributed by atoms with E-state index in [1.165, 1.54) is 25.9 Å². The van der Waals surface area contributed by atoms with E-state index in [1.54, 1.807) is 0 Å². The molecule has 1 amide bonds. The smallest absolute Gasteiger partial charge is 0.240 e. The maximum atomic E-state index is 12.7. The first-order valence-electron chi connectivity index (χ1n) is 8.02. The first kappa shape index (κ1) is 13.4. The van der Waals surface area contributed by atoms with E-state index >= 15 is 0 Å². The maximum absolute atomic E-state index is 12.7. The average Bonchev–Trinajstić information content (AvgIpc) is 2.90. The van der Waals surface area contributed by atoms with Gasteiger partial charge in [0.25, 0.3) is 0 Å².